The zero-order valence-electron chi connectivity index (χ0n) is 6.48. The third-order valence-corrected chi connectivity index (χ3v) is 1.54. The van der Waals surface area contributed by atoms with Crippen molar-refractivity contribution in [2.45, 2.75) is 33.1 Å². The standard InChI is InChI=1S/C9H16/c1-4-7-9(6-3)8-5-2/h7,9H,1,5-6,8H2,2-3H3. The molecule has 9 heavy (non-hydrogen) atoms. The molecular formula is C9H16. The Labute approximate surface area is 58.3 Å². The summed E-state index contributed by atoms with van der Waals surface area (Å²) in [5, 5.41) is 0. The van der Waals surface area contributed by atoms with Crippen LogP contribution in [0.3, 0.4) is 0 Å². The van der Waals surface area contributed by atoms with Crippen LogP contribution in [0.5, 0.6) is 0 Å². The van der Waals surface area contributed by atoms with Crippen molar-refractivity contribution in [3.63, 3.8) is 0 Å². The van der Waals surface area contributed by atoms with Gasteiger partial charge in [-0.1, -0.05) is 26.8 Å². The van der Waals surface area contributed by atoms with E-state index < -0.39 is 0 Å². The molecule has 0 heteroatoms. The van der Waals surface area contributed by atoms with Gasteiger partial charge in [0.25, 0.3) is 0 Å². The number of rotatable bonds is 4. The maximum atomic E-state index is 3.55. The summed E-state index contributed by atoms with van der Waals surface area (Å²) in [6.45, 7) is 7.96. The van der Waals surface area contributed by atoms with E-state index in [0.29, 0.717) is 5.92 Å². The third kappa shape index (κ3) is 4.05. The highest BCUT2D eigenvalue weighted by Crippen LogP contribution is 2.10. The van der Waals surface area contributed by atoms with Crippen molar-refractivity contribution in [1.29, 1.82) is 0 Å². The van der Waals surface area contributed by atoms with Crippen LogP contribution in [0, 0.1) is 5.92 Å². The lowest BCUT2D eigenvalue weighted by atomic mass is 10.0. The Morgan fingerprint density at radius 3 is 2.56 bits per heavy atom. The molecule has 1 unspecified atom stereocenters. The molecule has 0 aliphatic carbocycles. The lowest BCUT2D eigenvalue weighted by Crippen LogP contribution is -1.91. The molecule has 0 fully saturated rings. The van der Waals surface area contributed by atoms with Crippen LogP contribution in [0.2, 0.25) is 0 Å². The molecule has 0 spiro atoms. The number of hydrogen-bond donors (Lipinski definition) is 0. The van der Waals surface area contributed by atoms with Gasteiger partial charge >= 0.3 is 0 Å². The molecule has 0 aromatic heterocycles. The van der Waals surface area contributed by atoms with Gasteiger partial charge in [0.05, 0.1) is 0 Å². The van der Waals surface area contributed by atoms with Crippen LogP contribution in [0.4, 0.5) is 0 Å². The van der Waals surface area contributed by atoms with E-state index in [1.165, 1.54) is 19.3 Å². The Bertz CT molecular complexity index is 96.6. The highest BCUT2D eigenvalue weighted by atomic mass is 14.0. The van der Waals surface area contributed by atoms with Crippen molar-refractivity contribution in [2.24, 2.45) is 5.92 Å². The minimum absolute atomic E-state index is 0.715. The molecule has 0 aliphatic heterocycles. The highest BCUT2D eigenvalue weighted by Gasteiger charge is 1.96. The summed E-state index contributed by atoms with van der Waals surface area (Å²) >= 11 is 0. The normalized spacial score (nSPS) is 12.2. The van der Waals surface area contributed by atoms with Gasteiger partial charge in [0.1, 0.15) is 0 Å². The van der Waals surface area contributed by atoms with Crippen molar-refractivity contribution >= 4 is 0 Å². The molecule has 0 heterocycles. The lowest BCUT2D eigenvalue weighted by Gasteiger charge is -2.04. The summed E-state index contributed by atoms with van der Waals surface area (Å²) in [6, 6.07) is 0. The zero-order valence-corrected chi connectivity index (χ0v) is 6.48. The van der Waals surface area contributed by atoms with Crippen LogP contribution < -0.4 is 0 Å². The van der Waals surface area contributed by atoms with Crippen molar-refractivity contribution < 1.29 is 0 Å². The van der Waals surface area contributed by atoms with Crippen LogP contribution in [0.25, 0.3) is 0 Å². The van der Waals surface area contributed by atoms with Crippen LogP contribution in [0.15, 0.2) is 18.4 Å². The van der Waals surface area contributed by atoms with Crippen molar-refractivity contribution in [3.8, 4) is 0 Å². The first-order valence-electron chi connectivity index (χ1n) is 3.71. The van der Waals surface area contributed by atoms with Gasteiger partial charge in [-0.2, -0.15) is 0 Å². The van der Waals surface area contributed by atoms with Gasteiger partial charge in [0, 0.05) is 0 Å². The molecular weight excluding hydrogens is 108 g/mol. The van der Waals surface area contributed by atoms with E-state index in [1.54, 1.807) is 0 Å². The molecule has 52 valence electrons. The summed E-state index contributed by atoms with van der Waals surface area (Å²) in [5.74, 6) is 0.715. The van der Waals surface area contributed by atoms with Crippen molar-refractivity contribution in [2.75, 3.05) is 0 Å². The quantitative estimate of drug-likeness (QED) is 0.505. The van der Waals surface area contributed by atoms with Gasteiger partial charge in [-0.3, -0.25) is 0 Å². The Morgan fingerprint density at radius 1 is 1.56 bits per heavy atom. The molecule has 0 aromatic carbocycles. The van der Waals surface area contributed by atoms with E-state index in [9.17, 15) is 0 Å². The van der Waals surface area contributed by atoms with Gasteiger partial charge in [0.15, 0.2) is 0 Å². The summed E-state index contributed by atoms with van der Waals surface area (Å²) < 4.78 is 0. The topological polar surface area (TPSA) is 0 Å². The molecule has 0 saturated heterocycles. The molecule has 0 radical (unpaired) electrons. The number of allylic oxidation sites excluding steroid dienone is 1. The Kier molecular flexibility index (Phi) is 5.35. The predicted octanol–water partition coefficient (Wildman–Crippen LogP) is 3.15. The van der Waals surface area contributed by atoms with Crippen LogP contribution in [-0.4, -0.2) is 0 Å². The van der Waals surface area contributed by atoms with Gasteiger partial charge in [0.2, 0.25) is 0 Å². The Morgan fingerprint density at radius 2 is 2.22 bits per heavy atom. The molecule has 0 nitrogen and oxygen atoms in total. The maximum absolute atomic E-state index is 3.55. The summed E-state index contributed by atoms with van der Waals surface area (Å²) in [6.07, 6.45) is 5.83. The minimum atomic E-state index is 0.715. The first kappa shape index (κ1) is 8.52. The zero-order chi connectivity index (χ0) is 7.11. The Balaban J connectivity index is 3.53. The SMILES string of the molecule is C=C=CC(CC)CCC. The number of hydrogen-bond acceptors (Lipinski definition) is 0. The molecule has 0 N–H and O–H groups in total. The highest BCUT2D eigenvalue weighted by molar-refractivity contribution is 4.83. The average molecular weight is 124 g/mol. The second-order valence-corrected chi connectivity index (χ2v) is 2.33. The van der Waals surface area contributed by atoms with Crippen molar-refractivity contribution in [1.82, 2.24) is 0 Å². The Hall–Kier alpha value is -0.480. The monoisotopic (exact) mass is 124 g/mol. The second kappa shape index (κ2) is 5.65. The molecule has 0 rings (SSSR count). The van der Waals surface area contributed by atoms with Gasteiger partial charge in [-0.05, 0) is 24.8 Å². The van der Waals surface area contributed by atoms with E-state index in [1.807, 2.05) is 0 Å². The fraction of sp³-hybridized carbons (Fsp3) is 0.667. The third-order valence-electron chi connectivity index (χ3n) is 1.54. The first-order chi connectivity index (χ1) is 4.35. The van der Waals surface area contributed by atoms with E-state index in [-0.39, 0.29) is 0 Å². The molecule has 0 saturated carbocycles. The molecule has 0 aliphatic rings. The second-order valence-electron chi connectivity index (χ2n) is 2.33. The van der Waals surface area contributed by atoms with Gasteiger partial charge < -0.3 is 0 Å². The molecule has 1 atom stereocenters. The smallest absolute Gasteiger partial charge is 0.0160 e. The van der Waals surface area contributed by atoms with Crippen molar-refractivity contribution in [3.05, 3.63) is 18.4 Å². The fourth-order valence-electron chi connectivity index (χ4n) is 0.943. The van der Waals surface area contributed by atoms with E-state index in [2.05, 4.69) is 32.2 Å². The molecule has 0 bridgehead atoms. The fourth-order valence-corrected chi connectivity index (χ4v) is 0.943. The predicted molar refractivity (Wildman–Crippen MR) is 42.4 cm³/mol. The maximum Gasteiger partial charge on any atom is -0.0160 e. The van der Waals surface area contributed by atoms with Crippen LogP contribution in [-0.2, 0) is 0 Å². The molecule has 0 amide bonds. The van der Waals surface area contributed by atoms with Gasteiger partial charge in [-0.25, -0.2) is 0 Å². The minimum Gasteiger partial charge on any atom is -0.133 e. The van der Waals surface area contributed by atoms with Crippen LogP contribution >= 0.6 is 0 Å². The largest absolute Gasteiger partial charge is 0.133 e. The lowest BCUT2D eigenvalue weighted by molar-refractivity contribution is 0.564. The average Bonchev–Trinajstić information content (AvgIpc) is 1.88. The van der Waals surface area contributed by atoms with Crippen LogP contribution in [0.1, 0.15) is 33.1 Å². The summed E-state index contributed by atoms with van der Waals surface area (Å²) in [7, 11) is 0. The summed E-state index contributed by atoms with van der Waals surface area (Å²) in [5.41, 5.74) is 2.83. The van der Waals surface area contributed by atoms with E-state index >= 15 is 0 Å². The summed E-state index contributed by atoms with van der Waals surface area (Å²) in [4.78, 5) is 0. The molecule has 0 aromatic rings. The van der Waals surface area contributed by atoms with E-state index in [0.717, 1.165) is 0 Å². The van der Waals surface area contributed by atoms with E-state index in [4.69, 9.17) is 0 Å². The van der Waals surface area contributed by atoms with Gasteiger partial charge in [-0.15, -0.1) is 5.73 Å². The first-order valence-corrected chi connectivity index (χ1v) is 3.71.